The number of nitrogens with zero attached hydrogens (tertiary/aromatic N) is 1. The molecule has 27 heavy (non-hydrogen) atoms. The number of amides is 1. The van der Waals surface area contributed by atoms with Crippen LogP contribution in [0.25, 0.3) is 0 Å². The minimum atomic E-state index is 0.117. The second-order valence-electron chi connectivity index (χ2n) is 7.60. The zero-order valence-corrected chi connectivity index (χ0v) is 16.5. The SMILES string of the molecule is O=C(CN(Cc1cccs1)CC1CCCO1)NC1CCCc2ccccc21. The first-order chi connectivity index (χ1) is 13.3. The summed E-state index contributed by atoms with van der Waals surface area (Å²) in [6, 6.07) is 12.9. The highest BCUT2D eigenvalue weighted by atomic mass is 32.1. The Labute approximate surface area is 165 Å². The summed E-state index contributed by atoms with van der Waals surface area (Å²) in [7, 11) is 0. The lowest BCUT2D eigenvalue weighted by atomic mass is 9.88. The first-order valence-corrected chi connectivity index (χ1v) is 10.9. The summed E-state index contributed by atoms with van der Waals surface area (Å²) in [6.07, 6.45) is 5.76. The van der Waals surface area contributed by atoms with Crippen LogP contribution in [0, 0.1) is 0 Å². The third kappa shape index (κ3) is 4.98. The second-order valence-corrected chi connectivity index (χ2v) is 8.63. The Kier molecular flexibility index (Phi) is 6.22. The molecule has 1 fully saturated rings. The van der Waals surface area contributed by atoms with Crippen LogP contribution in [0.3, 0.4) is 0 Å². The van der Waals surface area contributed by atoms with Gasteiger partial charge in [0.2, 0.25) is 5.91 Å². The standard InChI is InChI=1S/C22H28N2O2S/c25-22(23-21-11-3-7-17-6-1-2-10-20(17)21)16-24(14-18-8-4-12-26-18)15-19-9-5-13-27-19/h1-2,5-6,9-10,13,18,21H,3-4,7-8,11-12,14-16H2,(H,23,25). The van der Waals surface area contributed by atoms with Gasteiger partial charge in [-0.3, -0.25) is 9.69 Å². The third-order valence-corrected chi connectivity index (χ3v) is 6.38. The van der Waals surface area contributed by atoms with Crippen LogP contribution in [-0.2, 0) is 22.5 Å². The van der Waals surface area contributed by atoms with Crippen molar-refractivity contribution >= 4 is 17.2 Å². The third-order valence-electron chi connectivity index (χ3n) is 5.52. The molecular formula is C22H28N2O2S. The first-order valence-electron chi connectivity index (χ1n) is 10.0. The van der Waals surface area contributed by atoms with E-state index < -0.39 is 0 Å². The number of hydrogen-bond donors (Lipinski definition) is 1. The van der Waals surface area contributed by atoms with Crippen LogP contribution in [0.5, 0.6) is 0 Å². The maximum Gasteiger partial charge on any atom is 0.234 e. The first kappa shape index (κ1) is 18.7. The number of nitrogens with one attached hydrogen (secondary N) is 1. The summed E-state index contributed by atoms with van der Waals surface area (Å²) in [5.74, 6) is 0.117. The average Bonchev–Trinajstić information content (AvgIpc) is 3.36. The Hall–Kier alpha value is -1.69. The molecule has 2 unspecified atom stereocenters. The smallest absolute Gasteiger partial charge is 0.234 e. The highest BCUT2D eigenvalue weighted by Crippen LogP contribution is 2.29. The summed E-state index contributed by atoms with van der Waals surface area (Å²) < 4.78 is 5.81. The zero-order valence-electron chi connectivity index (χ0n) is 15.7. The van der Waals surface area contributed by atoms with Gasteiger partial charge in [-0.15, -0.1) is 11.3 Å². The van der Waals surface area contributed by atoms with Gasteiger partial charge in [0.25, 0.3) is 0 Å². The summed E-state index contributed by atoms with van der Waals surface area (Å²) in [5, 5.41) is 5.39. The van der Waals surface area contributed by atoms with E-state index in [0.29, 0.717) is 6.54 Å². The number of benzene rings is 1. The fourth-order valence-corrected chi connectivity index (χ4v) is 4.98. The number of fused-ring (bicyclic) bond motifs is 1. The molecule has 2 atom stereocenters. The molecule has 0 radical (unpaired) electrons. The van der Waals surface area contributed by atoms with Gasteiger partial charge in [0.1, 0.15) is 0 Å². The molecule has 144 valence electrons. The molecule has 5 heteroatoms. The van der Waals surface area contributed by atoms with Gasteiger partial charge in [0.15, 0.2) is 0 Å². The molecule has 0 spiro atoms. The molecule has 1 N–H and O–H groups in total. The Balaban J connectivity index is 1.39. The zero-order chi connectivity index (χ0) is 18.5. The van der Waals surface area contributed by atoms with Gasteiger partial charge in [-0.2, -0.15) is 0 Å². The van der Waals surface area contributed by atoms with Gasteiger partial charge in [-0.1, -0.05) is 30.3 Å². The molecule has 0 bridgehead atoms. The minimum Gasteiger partial charge on any atom is -0.377 e. The molecule has 4 nitrogen and oxygen atoms in total. The molecule has 2 heterocycles. The maximum absolute atomic E-state index is 12.8. The van der Waals surface area contributed by atoms with Crippen LogP contribution in [0.2, 0.25) is 0 Å². The average molecular weight is 385 g/mol. The van der Waals surface area contributed by atoms with Gasteiger partial charge in [-0.25, -0.2) is 0 Å². The summed E-state index contributed by atoms with van der Waals surface area (Å²) in [5.41, 5.74) is 2.67. The quantitative estimate of drug-likeness (QED) is 0.787. The molecule has 1 aliphatic heterocycles. The van der Waals surface area contributed by atoms with Crippen molar-refractivity contribution in [2.75, 3.05) is 19.7 Å². The van der Waals surface area contributed by atoms with E-state index >= 15 is 0 Å². The highest BCUT2D eigenvalue weighted by molar-refractivity contribution is 7.09. The number of carbonyl (C=O) groups excluding carboxylic acids is 1. The lowest BCUT2D eigenvalue weighted by Gasteiger charge is -2.28. The highest BCUT2D eigenvalue weighted by Gasteiger charge is 2.24. The number of thiophene rings is 1. The topological polar surface area (TPSA) is 41.6 Å². The monoisotopic (exact) mass is 384 g/mol. The number of rotatable bonds is 7. The maximum atomic E-state index is 12.8. The normalized spacial score (nSPS) is 22.0. The Bertz CT molecular complexity index is 741. The van der Waals surface area contributed by atoms with Crippen LogP contribution in [0.15, 0.2) is 41.8 Å². The summed E-state index contributed by atoms with van der Waals surface area (Å²) >= 11 is 1.75. The molecule has 1 aliphatic carbocycles. The molecule has 2 aliphatic rings. The fraction of sp³-hybridized carbons (Fsp3) is 0.500. The Morgan fingerprint density at radius 1 is 1.19 bits per heavy atom. The molecule has 1 amide bonds. The largest absolute Gasteiger partial charge is 0.377 e. The van der Waals surface area contributed by atoms with E-state index in [1.807, 2.05) is 0 Å². The van der Waals surface area contributed by atoms with E-state index in [-0.39, 0.29) is 18.1 Å². The van der Waals surface area contributed by atoms with E-state index in [4.69, 9.17) is 4.74 Å². The number of carbonyl (C=O) groups is 1. The van der Waals surface area contributed by atoms with Crippen LogP contribution in [0.1, 0.15) is 47.7 Å². The van der Waals surface area contributed by atoms with Gasteiger partial charge < -0.3 is 10.1 Å². The number of aryl methyl sites for hydroxylation is 1. The molecule has 1 aromatic heterocycles. The van der Waals surface area contributed by atoms with Crippen molar-refractivity contribution in [2.45, 2.75) is 50.8 Å². The van der Waals surface area contributed by atoms with Crippen molar-refractivity contribution in [1.29, 1.82) is 0 Å². The molecule has 4 rings (SSSR count). The lowest BCUT2D eigenvalue weighted by molar-refractivity contribution is -0.123. The molecular weight excluding hydrogens is 356 g/mol. The molecule has 2 aromatic rings. The van der Waals surface area contributed by atoms with E-state index in [2.05, 4.69) is 52.0 Å². The van der Waals surface area contributed by atoms with Gasteiger partial charge in [0.05, 0.1) is 18.7 Å². The van der Waals surface area contributed by atoms with Crippen LogP contribution < -0.4 is 5.32 Å². The van der Waals surface area contributed by atoms with Gasteiger partial charge in [0, 0.05) is 24.6 Å². The van der Waals surface area contributed by atoms with E-state index in [1.165, 1.54) is 16.0 Å². The van der Waals surface area contributed by atoms with Crippen molar-refractivity contribution in [2.24, 2.45) is 0 Å². The van der Waals surface area contributed by atoms with Crippen LogP contribution in [0.4, 0.5) is 0 Å². The lowest BCUT2D eigenvalue weighted by Crippen LogP contribution is -2.42. The van der Waals surface area contributed by atoms with Crippen LogP contribution in [-0.4, -0.2) is 36.6 Å². The fourth-order valence-electron chi connectivity index (χ4n) is 4.23. The molecule has 1 aromatic carbocycles. The van der Waals surface area contributed by atoms with Gasteiger partial charge in [-0.05, 0) is 54.7 Å². The van der Waals surface area contributed by atoms with E-state index in [1.54, 1.807) is 11.3 Å². The summed E-state index contributed by atoms with van der Waals surface area (Å²) in [4.78, 5) is 16.4. The predicted molar refractivity (Wildman–Crippen MR) is 109 cm³/mol. The van der Waals surface area contributed by atoms with Crippen molar-refractivity contribution in [1.82, 2.24) is 10.2 Å². The van der Waals surface area contributed by atoms with Crippen molar-refractivity contribution in [3.63, 3.8) is 0 Å². The van der Waals surface area contributed by atoms with Crippen LogP contribution >= 0.6 is 11.3 Å². The van der Waals surface area contributed by atoms with E-state index in [0.717, 1.165) is 51.8 Å². The Morgan fingerprint density at radius 2 is 2.11 bits per heavy atom. The van der Waals surface area contributed by atoms with E-state index in [9.17, 15) is 4.79 Å². The minimum absolute atomic E-state index is 0.117. The van der Waals surface area contributed by atoms with Gasteiger partial charge >= 0.3 is 0 Å². The Morgan fingerprint density at radius 3 is 2.93 bits per heavy atom. The predicted octanol–water partition coefficient (Wildman–Crippen LogP) is 3.92. The van der Waals surface area contributed by atoms with Crippen molar-refractivity contribution in [3.05, 3.63) is 57.8 Å². The summed E-state index contributed by atoms with van der Waals surface area (Å²) in [6.45, 7) is 2.91. The number of hydrogen-bond acceptors (Lipinski definition) is 4. The molecule has 1 saturated heterocycles. The van der Waals surface area contributed by atoms with Crippen molar-refractivity contribution in [3.8, 4) is 0 Å². The molecule has 0 saturated carbocycles. The van der Waals surface area contributed by atoms with Crippen molar-refractivity contribution < 1.29 is 9.53 Å². The number of ether oxygens (including phenoxy) is 1. The second kappa shape index (κ2) is 9.00.